The van der Waals surface area contributed by atoms with E-state index in [1.165, 1.54) is 64.5 Å². The molecule has 0 aromatic carbocycles. The molecular weight excluding hydrogens is 232 g/mol. The molecule has 19 heavy (non-hydrogen) atoms. The Morgan fingerprint density at radius 2 is 1.68 bits per heavy atom. The van der Waals surface area contributed by atoms with Gasteiger partial charge in [-0.2, -0.15) is 0 Å². The predicted octanol–water partition coefficient (Wildman–Crippen LogP) is 3.42. The lowest BCUT2D eigenvalue weighted by Gasteiger charge is -2.45. The van der Waals surface area contributed by atoms with Gasteiger partial charge in [0.2, 0.25) is 0 Å². The molecule has 3 unspecified atom stereocenters. The summed E-state index contributed by atoms with van der Waals surface area (Å²) in [6.45, 7) is 7.54. The fourth-order valence-corrected chi connectivity index (χ4v) is 4.49. The minimum atomic E-state index is 0.830. The molecule has 2 heteroatoms. The van der Waals surface area contributed by atoms with Crippen LogP contribution in [0.15, 0.2) is 0 Å². The zero-order valence-electron chi connectivity index (χ0n) is 12.9. The van der Waals surface area contributed by atoms with Crippen LogP contribution < -0.4 is 5.32 Å². The van der Waals surface area contributed by atoms with E-state index >= 15 is 0 Å². The molecule has 2 aliphatic carbocycles. The summed E-state index contributed by atoms with van der Waals surface area (Å²) in [5.74, 6) is 1.88. The van der Waals surface area contributed by atoms with Crippen LogP contribution in [0.5, 0.6) is 0 Å². The van der Waals surface area contributed by atoms with Crippen molar-refractivity contribution in [3.8, 4) is 0 Å². The van der Waals surface area contributed by atoms with Gasteiger partial charge >= 0.3 is 0 Å². The molecule has 3 aliphatic rings. The van der Waals surface area contributed by atoms with E-state index in [2.05, 4.69) is 24.1 Å². The molecule has 2 saturated carbocycles. The lowest BCUT2D eigenvalue weighted by atomic mass is 9.78. The number of piperidine rings is 1. The van der Waals surface area contributed by atoms with Gasteiger partial charge in [0.1, 0.15) is 0 Å². The van der Waals surface area contributed by atoms with E-state index in [4.69, 9.17) is 0 Å². The smallest absolute Gasteiger partial charge is 0.0223 e. The zero-order chi connectivity index (χ0) is 13.2. The second kappa shape index (κ2) is 6.13. The van der Waals surface area contributed by atoms with Gasteiger partial charge in [0, 0.05) is 24.7 Å². The third-order valence-electron chi connectivity index (χ3n) is 5.51. The number of nitrogens with one attached hydrogen (secondary N) is 1. The Kier molecular flexibility index (Phi) is 4.48. The van der Waals surface area contributed by atoms with Crippen molar-refractivity contribution in [2.45, 2.75) is 83.3 Å². The quantitative estimate of drug-likeness (QED) is 0.837. The Labute approximate surface area is 119 Å². The van der Waals surface area contributed by atoms with Crippen molar-refractivity contribution in [3.05, 3.63) is 0 Å². The zero-order valence-corrected chi connectivity index (χ0v) is 12.9. The van der Waals surface area contributed by atoms with Gasteiger partial charge in [-0.1, -0.05) is 20.3 Å². The Morgan fingerprint density at radius 3 is 2.37 bits per heavy atom. The highest BCUT2D eigenvalue weighted by Gasteiger charge is 2.34. The maximum Gasteiger partial charge on any atom is 0.0223 e. The molecule has 0 spiro atoms. The molecule has 1 N–H and O–H groups in total. The van der Waals surface area contributed by atoms with Gasteiger partial charge in [-0.05, 0) is 63.3 Å². The fourth-order valence-electron chi connectivity index (χ4n) is 4.49. The van der Waals surface area contributed by atoms with E-state index in [0.29, 0.717) is 0 Å². The van der Waals surface area contributed by atoms with Gasteiger partial charge < -0.3 is 5.32 Å². The number of likely N-dealkylation sites (tertiary alicyclic amines) is 1. The summed E-state index contributed by atoms with van der Waals surface area (Å²) in [5.41, 5.74) is 0. The second-order valence-electron chi connectivity index (χ2n) is 7.64. The first-order valence-corrected chi connectivity index (χ1v) is 8.71. The standard InChI is InChI=1S/C17H32N2/c1-13-9-14(2)11-17(10-13)19-8-4-3-5-16(19)12-18-15-6-7-15/h13-18H,3-12H2,1-2H3. The Balaban J connectivity index is 1.58. The highest BCUT2D eigenvalue weighted by molar-refractivity contribution is 4.90. The average Bonchev–Trinajstić information content (AvgIpc) is 3.19. The molecule has 2 nitrogen and oxygen atoms in total. The largest absolute Gasteiger partial charge is 0.312 e. The summed E-state index contributed by atoms with van der Waals surface area (Å²) < 4.78 is 0. The van der Waals surface area contributed by atoms with Crippen LogP contribution in [0, 0.1) is 11.8 Å². The van der Waals surface area contributed by atoms with Crippen molar-refractivity contribution >= 4 is 0 Å². The van der Waals surface area contributed by atoms with E-state index in [-0.39, 0.29) is 0 Å². The molecule has 3 atom stereocenters. The number of hydrogen-bond donors (Lipinski definition) is 1. The van der Waals surface area contributed by atoms with Crippen molar-refractivity contribution in [2.24, 2.45) is 11.8 Å². The molecular formula is C17H32N2. The molecule has 0 amide bonds. The monoisotopic (exact) mass is 264 g/mol. The molecule has 0 bridgehead atoms. The Hall–Kier alpha value is -0.0800. The predicted molar refractivity (Wildman–Crippen MR) is 81.3 cm³/mol. The molecule has 3 rings (SSSR count). The number of hydrogen-bond acceptors (Lipinski definition) is 2. The minimum Gasteiger partial charge on any atom is -0.312 e. The molecule has 0 aromatic rings. The fraction of sp³-hybridized carbons (Fsp3) is 1.00. The summed E-state index contributed by atoms with van der Waals surface area (Å²) >= 11 is 0. The summed E-state index contributed by atoms with van der Waals surface area (Å²) in [4.78, 5) is 2.89. The van der Waals surface area contributed by atoms with E-state index in [1.54, 1.807) is 0 Å². The van der Waals surface area contributed by atoms with Crippen LogP contribution in [0.1, 0.15) is 65.2 Å². The summed E-state index contributed by atoms with van der Waals surface area (Å²) in [6, 6.07) is 2.58. The summed E-state index contributed by atoms with van der Waals surface area (Å²) in [7, 11) is 0. The van der Waals surface area contributed by atoms with Crippen LogP contribution in [0.25, 0.3) is 0 Å². The first kappa shape index (κ1) is 13.9. The van der Waals surface area contributed by atoms with Crippen LogP contribution in [-0.2, 0) is 0 Å². The van der Waals surface area contributed by atoms with E-state index in [1.807, 2.05) is 0 Å². The van der Waals surface area contributed by atoms with Crippen LogP contribution in [0.2, 0.25) is 0 Å². The van der Waals surface area contributed by atoms with E-state index < -0.39 is 0 Å². The molecule has 1 aliphatic heterocycles. The topological polar surface area (TPSA) is 15.3 Å². The molecule has 110 valence electrons. The molecule has 0 radical (unpaired) electrons. The summed E-state index contributed by atoms with van der Waals surface area (Å²) in [5, 5.41) is 3.78. The van der Waals surface area contributed by atoms with Crippen molar-refractivity contribution in [1.82, 2.24) is 10.2 Å². The van der Waals surface area contributed by atoms with Crippen molar-refractivity contribution in [2.75, 3.05) is 13.1 Å². The van der Waals surface area contributed by atoms with Crippen molar-refractivity contribution in [3.63, 3.8) is 0 Å². The van der Waals surface area contributed by atoms with E-state index in [9.17, 15) is 0 Å². The maximum atomic E-state index is 3.78. The van der Waals surface area contributed by atoms with Crippen LogP contribution in [0.4, 0.5) is 0 Å². The summed E-state index contributed by atoms with van der Waals surface area (Å²) in [6.07, 6.45) is 11.5. The molecule has 1 saturated heterocycles. The molecule has 1 heterocycles. The van der Waals surface area contributed by atoms with Crippen molar-refractivity contribution in [1.29, 1.82) is 0 Å². The number of rotatable bonds is 4. The maximum absolute atomic E-state index is 3.78. The van der Waals surface area contributed by atoms with Gasteiger partial charge in [0.25, 0.3) is 0 Å². The SMILES string of the molecule is CC1CC(C)CC(N2CCCCC2CNC2CC2)C1. The Morgan fingerprint density at radius 1 is 0.947 bits per heavy atom. The van der Waals surface area contributed by atoms with Gasteiger partial charge in [0.05, 0.1) is 0 Å². The van der Waals surface area contributed by atoms with Crippen molar-refractivity contribution < 1.29 is 0 Å². The van der Waals surface area contributed by atoms with Crippen LogP contribution in [-0.4, -0.2) is 36.1 Å². The lowest BCUT2D eigenvalue weighted by Crippen LogP contribution is -2.52. The van der Waals surface area contributed by atoms with Crippen LogP contribution in [0.3, 0.4) is 0 Å². The molecule has 0 aromatic heterocycles. The van der Waals surface area contributed by atoms with Gasteiger partial charge in [0.15, 0.2) is 0 Å². The van der Waals surface area contributed by atoms with Gasteiger partial charge in [-0.15, -0.1) is 0 Å². The van der Waals surface area contributed by atoms with Gasteiger partial charge in [-0.3, -0.25) is 4.90 Å². The van der Waals surface area contributed by atoms with Crippen LogP contribution >= 0.6 is 0 Å². The minimum absolute atomic E-state index is 0.830. The Bertz CT molecular complexity index is 277. The highest BCUT2D eigenvalue weighted by Crippen LogP contribution is 2.34. The first-order chi connectivity index (χ1) is 9.22. The third-order valence-corrected chi connectivity index (χ3v) is 5.51. The molecule has 3 fully saturated rings. The third kappa shape index (κ3) is 3.72. The second-order valence-corrected chi connectivity index (χ2v) is 7.64. The first-order valence-electron chi connectivity index (χ1n) is 8.71. The van der Waals surface area contributed by atoms with E-state index in [0.717, 1.165) is 30.0 Å². The average molecular weight is 264 g/mol. The lowest BCUT2D eigenvalue weighted by molar-refractivity contribution is 0.0464. The normalized spacial score (nSPS) is 41.4. The van der Waals surface area contributed by atoms with Gasteiger partial charge in [-0.25, -0.2) is 0 Å². The highest BCUT2D eigenvalue weighted by atomic mass is 15.2. The number of nitrogens with zero attached hydrogens (tertiary/aromatic N) is 1.